The van der Waals surface area contributed by atoms with Gasteiger partial charge in [0, 0.05) is 19.2 Å². The van der Waals surface area contributed by atoms with Crippen molar-refractivity contribution >= 4 is 17.7 Å². The summed E-state index contributed by atoms with van der Waals surface area (Å²) >= 11 is 0. The molecule has 0 spiro atoms. The van der Waals surface area contributed by atoms with Crippen LogP contribution in [0, 0.1) is 0 Å². The quantitative estimate of drug-likeness (QED) is 0.833. The van der Waals surface area contributed by atoms with Gasteiger partial charge in [0.25, 0.3) is 0 Å². The molecule has 5 heteroatoms. The third-order valence-electron chi connectivity index (χ3n) is 2.17. The van der Waals surface area contributed by atoms with Crippen molar-refractivity contribution < 1.29 is 14.3 Å². The van der Waals surface area contributed by atoms with E-state index in [9.17, 15) is 9.59 Å². The molecule has 0 saturated carbocycles. The fraction of sp³-hybridized carbons (Fsp3) is 0.333. The number of amides is 2. The molecule has 0 saturated heterocycles. The monoisotopic (exact) mass is 236 g/mol. The molecule has 92 valence electrons. The number of anilines is 1. The van der Waals surface area contributed by atoms with Gasteiger partial charge in [0.15, 0.2) is 0 Å². The number of nitrogens with one attached hydrogen (secondary N) is 2. The second-order valence-corrected chi connectivity index (χ2v) is 3.55. The summed E-state index contributed by atoms with van der Waals surface area (Å²) < 4.78 is 4.48. The van der Waals surface area contributed by atoms with Gasteiger partial charge in [-0.05, 0) is 24.1 Å². The molecule has 0 fully saturated rings. The Morgan fingerprint density at radius 1 is 1.24 bits per heavy atom. The zero-order valence-electron chi connectivity index (χ0n) is 9.95. The Morgan fingerprint density at radius 2 is 1.88 bits per heavy atom. The van der Waals surface area contributed by atoms with Crippen LogP contribution < -0.4 is 10.6 Å². The van der Waals surface area contributed by atoms with Gasteiger partial charge in [-0.3, -0.25) is 10.1 Å². The van der Waals surface area contributed by atoms with Crippen LogP contribution in [0.4, 0.5) is 10.5 Å². The van der Waals surface area contributed by atoms with Crippen molar-refractivity contribution in [1.82, 2.24) is 5.32 Å². The summed E-state index contributed by atoms with van der Waals surface area (Å²) in [6.07, 6.45) is 0.272. The minimum absolute atomic E-state index is 0.0334. The molecule has 0 atom stereocenters. The minimum Gasteiger partial charge on any atom is -0.453 e. The van der Waals surface area contributed by atoms with Gasteiger partial charge in [-0.1, -0.05) is 12.1 Å². The molecule has 0 aliphatic rings. The van der Waals surface area contributed by atoms with Crippen LogP contribution in [0.2, 0.25) is 0 Å². The number of benzene rings is 1. The maximum Gasteiger partial charge on any atom is 0.411 e. The van der Waals surface area contributed by atoms with Gasteiger partial charge < -0.3 is 10.1 Å². The van der Waals surface area contributed by atoms with E-state index in [0.29, 0.717) is 12.2 Å². The van der Waals surface area contributed by atoms with Gasteiger partial charge in [0.1, 0.15) is 0 Å². The van der Waals surface area contributed by atoms with E-state index < -0.39 is 6.09 Å². The number of hydrogen-bond donors (Lipinski definition) is 2. The number of hydrogen-bond acceptors (Lipinski definition) is 3. The molecule has 0 aliphatic carbocycles. The predicted octanol–water partition coefficient (Wildman–Crippen LogP) is 1.54. The molecule has 2 N–H and O–H groups in total. The van der Waals surface area contributed by atoms with Crippen LogP contribution in [0.3, 0.4) is 0 Å². The van der Waals surface area contributed by atoms with Crippen molar-refractivity contribution in [3.05, 3.63) is 29.8 Å². The summed E-state index contributed by atoms with van der Waals surface area (Å²) in [6, 6.07) is 7.38. The van der Waals surface area contributed by atoms with Crippen LogP contribution in [0.1, 0.15) is 12.5 Å². The normalized spacial score (nSPS) is 9.53. The Kier molecular flexibility index (Phi) is 5.00. The lowest BCUT2D eigenvalue weighted by molar-refractivity contribution is -0.118. The highest BCUT2D eigenvalue weighted by molar-refractivity contribution is 5.84. The van der Waals surface area contributed by atoms with E-state index in [-0.39, 0.29) is 5.91 Å². The van der Waals surface area contributed by atoms with Crippen molar-refractivity contribution in [2.75, 3.05) is 19.0 Å². The Balaban J connectivity index is 2.44. The summed E-state index contributed by atoms with van der Waals surface area (Å²) in [5, 5.41) is 5.28. The smallest absolute Gasteiger partial charge is 0.411 e. The first-order valence-electron chi connectivity index (χ1n) is 5.30. The highest BCUT2D eigenvalue weighted by atomic mass is 16.5. The largest absolute Gasteiger partial charge is 0.453 e. The van der Waals surface area contributed by atoms with Crippen molar-refractivity contribution in [3.8, 4) is 0 Å². The summed E-state index contributed by atoms with van der Waals surface area (Å²) in [7, 11) is 1.32. The predicted molar refractivity (Wildman–Crippen MR) is 64.9 cm³/mol. The molecule has 0 bridgehead atoms. The van der Waals surface area contributed by atoms with Gasteiger partial charge in [-0.25, -0.2) is 4.79 Å². The second-order valence-electron chi connectivity index (χ2n) is 3.55. The molecule has 0 heterocycles. The molecule has 0 aliphatic heterocycles. The molecule has 17 heavy (non-hydrogen) atoms. The molecule has 0 unspecified atom stereocenters. The first kappa shape index (κ1) is 13.0. The third kappa shape index (κ3) is 5.01. The highest BCUT2D eigenvalue weighted by Crippen LogP contribution is 2.09. The SMILES string of the molecule is COC(=O)Nc1ccc(CCNC(C)=O)cc1. The number of ether oxygens (including phenoxy) is 1. The first-order chi connectivity index (χ1) is 8.11. The van der Waals surface area contributed by atoms with E-state index in [1.165, 1.54) is 14.0 Å². The molecule has 0 radical (unpaired) electrons. The Bertz CT molecular complexity index is 387. The van der Waals surface area contributed by atoms with E-state index in [2.05, 4.69) is 15.4 Å². The average Bonchev–Trinajstić information content (AvgIpc) is 2.31. The maximum absolute atomic E-state index is 10.9. The third-order valence-corrected chi connectivity index (χ3v) is 2.17. The second kappa shape index (κ2) is 6.52. The van der Waals surface area contributed by atoms with E-state index in [4.69, 9.17) is 0 Å². The fourth-order valence-electron chi connectivity index (χ4n) is 1.31. The maximum atomic E-state index is 10.9. The molecule has 1 aromatic rings. The van der Waals surface area contributed by atoms with E-state index in [0.717, 1.165) is 12.0 Å². The van der Waals surface area contributed by atoms with Crippen molar-refractivity contribution in [2.45, 2.75) is 13.3 Å². The lowest BCUT2D eigenvalue weighted by atomic mass is 10.1. The van der Waals surface area contributed by atoms with Crippen molar-refractivity contribution in [1.29, 1.82) is 0 Å². The Morgan fingerprint density at radius 3 is 2.41 bits per heavy atom. The van der Waals surface area contributed by atoms with Crippen LogP contribution in [0.5, 0.6) is 0 Å². The number of methoxy groups -OCH3 is 1. The molecule has 2 amide bonds. The van der Waals surface area contributed by atoms with Crippen LogP contribution in [0.25, 0.3) is 0 Å². The Labute approximate surface area is 100 Å². The summed E-state index contributed by atoms with van der Waals surface area (Å²) in [4.78, 5) is 21.6. The van der Waals surface area contributed by atoms with E-state index in [1.807, 2.05) is 12.1 Å². The van der Waals surface area contributed by atoms with Gasteiger partial charge >= 0.3 is 6.09 Å². The molecule has 0 aromatic heterocycles. The first-order valence-corrected chi connectivity index (χ1v) is 5.30. The van der Waals surface area contributed by atoms with Crippen LogP contribution in [0.15, 0.2) is 24.3 Å². The van der Waals surface area contributed by atoms with E-state index in [1.54, 1.807) is 12.1 Å². The van der Waals surface area contributed by atoms with Crippen LogP contribution in [-0.2, 0) is 16.0 Å². The van der Waals surface area contributed by atoms with Gasteiger partial charge in [0.2, 0.25) is 5.91 Å². The lowest BCUT2D eigenvalue weighted by Gasteiger charge is -2.05. The van der Waals surface area contributed by atoms with Crippen LogP contribution in [-0.4, -0.2) is 25.7 Å². The number of rotatable bonds is 4. The molecule has 1 aromatic carbocycles. The zero-order chi connectivity index (χ0) is 12.7. The summed E-state index contributed by atoms with van der Waals surface area (Å²) in [5.74, 6) is -0.0334. The molecule has 5 nitrogen and oxygen atoms in total. The highest BCUT2D eigenvalue weighted by Gasteiger charge is 2.00. The number of carbonyl (C=O) groups is 2. The van der Waals surface area contributed by atoms with Gasteiger partial charge in [0.05, 0.1) is 7.11 Å². The van der Waals surface area contributed by atoms with Crippen molar-refractivity contribution in [3.63, 3.8) is 0 Å². The summed E-state index contributed by atoms with van der Waals surface area (Å²) in [5.41, 5.74) is 1.77. The molecular weight excluding hydrogens is 220 g/mol. The fourth-order valence-corrected chi connectivity index (χ4v) is 1.31. The average molecular weight is 236 g/mol. The topological polar surface area (TPSA) is 67.4 Å². The van der Waals surface area contributed by atoms with Crippen molar-refractivity contribution in [2.24, 2.45) is 0 Å². The number of carbonyl (C=O) groups excluding carboxylic acids is 2. The molecular formula is C12H16N2O3. The van der Waals surface area contributed by atoms with E-state index >= 15 is 0 Å². The zero-order valence-corrected chi connectivity index (χ0v) is 9.95. The minimum atomic E-state index is -0.490. The summed E-state index contributed by atoms with van der Waals surface area (Å²) in [6.45, 7) is 2.10. The van der Waals surface area contributed by atoms with Gasteiger partial charge in [-0.15, -0.1) is 0 Å². The standard InChI is InChI=1S/C12H16N2O3/c1-9(15)13-8-7-10-3-5-11(6-4-10)14-12(16)17-2/h3-6H,7-8H2,1-2H3,(H,13,15)(H,14,16). The van der Waals surface area contributed by atoms with Crippen LogP contribution >= 0.6 is 0 Å². The van der Waals surface area contributed by atoms with Gasteiger partial charge in [-0.2, -0.15) is 0 Å². The molecule has 1 rings (SSSR count). The Hall–Kier alpha value is -2.04. The lowest BCUT2D eigenvalue weighted by Crippen LogP contribution is -2.22.